The van der Waals surface area contributed by atoms with Crippen molar-refractivity contribution in [2.45, 2.75) is 19.5 Å². The second kappa shape index (κ2) is 5.21. The molecule has 0 fully saturated rings. The van der Waals surface area contributed by atoms with E-state index in [0.29, 0.717) is 0 Å². The fraction of sp³-hybridized carbons (Fsp3) is 1.00. The van der Waals surface area contributed by atoms with Gasteiger partial charge >= 0.3 is 110 Å². The third-order valence-corrected chi connectivity index (χ3v) is 15.1. The zero-order chi connectivity index (χ0) is 9.28. The Balaban J connectivity index is 4.39. The second-order valence-electron chi connectivity index (χ2n) is 3.67. The van der Waals surface area contributed by atoms with E-state index >= 15 is 0 Å². The van der Waals surface area contributed by atoms with Gasteiger partial charge in [-0.3, -0.25) is 0 Å². The molecule has 0 saturated heterocycles. The zero-order valence-corrected chi connectivity index (χ0v) is 15.5. The van der Waals surface area contributed by atoms with E-state index in [9.17, 15) is 0 Å². The van der Waals surface area contributed by atoms with E-state index in [4.69, 9.17) is 4.31 Å². The summed E-state index contributed by atoms with van der Waals surface area (Å²) in [6.07, 6.45) is 0. The van der Waals surface area contributed by atoms with Crippen LogP contribution in [0.4, 0.5) is 0 Å². The molecule has 11 heavy (non-hydrogen) atoms. The van der Waals surface area contributed by atoms with Crippen LogP contribution in [0.2, 0.25) is 0 Å². The number of rotatable bonds is 3. The van der Waals surface area contributed by atoms with Gasteiger partial charge < -0.3 is 0 Å². The van der Waals surface area contributed by atoms with Crippen LogP contribution in [0, 0.1) is 0 Å². The maximum absolute atomic E-state index is 6.22. The molecule has 0 rings (SSSR count). The molecule has 1 nitrogen and oxygen atoms in total. The number of hydrogen-bond donors (Lipinski definition) is 0. The van der Waals surface area contributed by atoms with Crippen molar-refractivity contribution in [1.29, 1.82) is 0 Å². The predicted octanol–water partition coefficient (Wildman–Crippen LogP) is 3.09. The molecule has 1 atom stereocenters. The molecule has 5 heteroatoms. The van der Waals surface area contributed by atoms with Crippen LogP contribution in [0.1, 0.15) is 13.8 Å². The molecule has 0 bridgehead atoms. The van der Waals surface area contributed by atoms with Gasteiger partial charge in [-0.2, -0.15) is 0 Å². The van der Waals surface area contributed by atoms with Crippen LogP contribution in [-0.2, 0) is 63.8 Å². The Kier molecular flexibility index (Phi) is 6.64. The van der Waals surface area contributed by atoms with Gasteiger partial charge in [-0.05, 0) is 0 Å². The summed E-state index contributed by atoms with van der Waals surface area (Å²) in [5, 5.41) is 0. The Labute approximate surface area is 108 Å². The van der Waals surface area contributed by atoms with Gasteiger partial charge in [0, 0.05) is 0 Å². The van der Waals surface area contributed by atoms with Crippen molar-refractivity contribution >= 4 is 6.50 Å². The molecule has 0 aliphatic carbocycles. The van der Waals surface area contributed by atoms with E-state index in [1.54, 1.807) is 0 Å². The Morgan fingerprint density at radius 2 is 1.45 bits per heavy atom. The minimum absolute atomic E-state index is 0.775. The maximum atomic E-state index is 6.22. The van der Waals surface area contributed by atoms with Crippen LogP contribution in [0.15, 0.2) is 0 Å². The van der Waals surface area contributed by atoms with Gasteiger partial charge in [0.1, 0.15) is 0 Å². The van der Waals surface area contributed by atoms with Crippen molar-refractivity contribution in [1.82, 2.24) is 0 Å². The molecule has 0 aromatic carbocycles. The summed E-state index contributed by atoms with van der Waals surface area (Å²) >= 11 is 2.63. The molecule has 0 spiro atoms. The topological polar surface area (TPSA) is 9.23 Å². The van der Waals surface area contributed by atoms with Crippen molar-refractivity contribution < 1.29 is 63.8 Å². The average molecular weight is 344 g/mol. The van der Waals surface area contributed by atoms with Crippen molar-refractivity contribution in [3.8, 4) is 0 Å². The van der Waals surface area contributed by atoms with Crippen molar-refractivity contribution in [3.05, 3.63) is 0 Å². The summed E-state index contributed by atoms with van der Waals surface area (Å²) in [5.74, 6) is 0. The van der Waals surface area contributed by atoms with Crippen LogP contribution in [0.5, 0.6) is 0 Å². The normalized spacial score (nSPS) is 18.7. The Morgan fingerprint density at radius 1 is 1.09 bits per heavy atom. The molecule has 0 aliphatic rings. The summed E-state index contributed by atoms with van der Waals surface area (Å²) in [6.45, 7) is 11.6. The van der Waals surface area contributed by atoms with E-state index in [0.717, 1.165) is 5.66 Å². The molecular formula is C6H16OP2Y2. The Bertz CT molecular complexity index is 219. The predicted molar refractivity (Wildman–Crippen MR) is 47.8 cm³/mol. The zero-order valence-electron chi connectivity index (χ0n) is 8.03. The first kappa shape index (κ1) is 14.0. The third kappa shape index (κ3) is 7.02. The summed E-state index contributed by atoms with van der Waals surface area (Å²) in [6, 6.07) is 0. The van der Waals surface area contributed by atoms with Gasteiger partial charge in [0.05, 0.1) is 0 Å². The standard InChI is InChI=1S/C6H16OP2.2Y/c1-6(2)9(5)7-8(3)4;;/h6H,1-5H3;;. The molecule has 1 unspecified atom stereocenters. The quantitative estimate of drug-likeness (QED) is 0.715. The van der Waals surface area contributed by atoms with Gasteiger partial charge in [0.2, 0.25) is 0 Å². The first-order chi connectivity index (χ1) is 4.65. The first-order valence-electron chi connectivity index (χ1n) is 3.64. The molecule has 0 saturated carbocycles. The van der Waals surface area contributed by atoms with Gasteiger partial charge in [-0.1, -0.05) is 0 Å². The third-order valence-electron chi connectivity index (χ3n) is 1.41. The minimum atomic E-state index is -0.924. The van der Waals surface area contributed by atoms with E-state index in [1.165, 1.54) is 59.5 Å². The monoisotopic (exact) mass is 344 g/mol. The van der Waals surface area contributed by atoms with E-state index in [-0.39, 0.29) is 0 Å². The molecular weight excluding hydrogens is 328 g/mol. The van der Waals surface area contributed by atoms with Crippen LogP contribution < -0.4 is 0 Å². The second-order valence-corrected chi connectivity index (χ2v) is 27.1. The van der Waals surface area contributed by atoms with E-state index < -0.39 is 6.50 Å². The van der Waals surface area contributed by atoms with Crippen molar-refractivity contribution in [2.24, 2.45) is 0 Å². The van der Waals surface area contributed by atoms with Gasteiger partial charge in [0.25, 0.3) is 0 Å². The average Bonchev–Trinajstić information content (AvgIpc) is 1.56. The SMILES string of the molecule is CC(C)[P](C)(=[Y])O[P](C)(C)=[Y]. The Morgan fingerprint density at radius 3 is 1.55 bits per heavy atom. The van der Waals surface area contributed by atoms with Crippen molar-refractivity contribution in [3.63, 3.8) is 0 Å². The van der Waals surface area contributed by atoms with E-state index in [2.05, 4.69) is 33.8 Å². The summed E-state index contributed by atoms with van der Waals surface area (Å²) in [5.41, 5.74) is 0.775. The summed E-state index contributed by atoms with van der Waals surface area (Å²) in [4.78, 5) is 0. The van der Waals surface area contributed by atoms with E-state index in [1.807, 2.05) is 0 Å². The molecule has 0 amide bonds. The van der Waals surface area contributed by atoms with Crippen LogP contribution in [0.3, 0.4) is 0 Å². The fourth-order valence-corrected chi connectivity index (χ4v) is 20.7. The Hall–Kier alpha value is 3.03. The van der Waals surface area contributed by atoms with Crippen molar-refractivity contribution in [2.75, 3.05) is 20.0 Å². The molecule has 62 valence electrons. The van der Waals surface area contributed by atoms with Gasteiger partial charge in [-0.25, -0.2) is 0 Å². The molecule has 0 radical (unpaired) electrons. The molecule has 0 N–H and O–H groups in total. The van der Waals surface area contributed by atoms with Crippen LogP contribution in [0.25, 0.3) is 0 Å². The van der Waals surface area contributed by atoms with Gasteiger partial charge in [0.15, 0.2) is 0 Å². The number of hydrogen-bond acceptors (Lipinski definition) is 1. The van der Waals surface area contributed by atoms with Crippen LogP contribution in [-0.4, -0.2) is 25.7 Å². The molecule has 0 aliphatic heterocycles. The first-order valence-corrected chi connectivity index (χ1v) is 16.2. The van der Waals surface area contributed by atoms with Gasteiger partial charge in [-0.15, -0.1) is 0 Å². The molecule has 0 aromatic heterocycles. The fourth-order valence-electron chi connectivity index (χ4n) is 0.548. The summed E-state index contributed by atoms with van der Waals surface area (Å²) < 4.78 is 4.42. The van der Waals surface area contributed by atoms with Crippen LogP contribution >= 0.6 is 6.50 Å². The molecule has 0 aromatic rings. The summed E-state index contributed by atoms with van der Waals surface area (Å²) in [7, 11) is 0. The molecule has 0 heterocycles.